The number of pyridine rings is 1. The standard InChI is InChI=1S/C15H12BrClN2O/c16-12-5-1-4-11(14(12)17)15(20)19-8-6-13-10(9-19)3-2-7-18-13/h1-5,7H,6,8-9H2. The highest BCUT2D eigenvalue weighted by atomic mass is 79.9. The highest BCUT2D eigenvalue weighted by Gasteiger charge is 2.24. The number of aromatic nitrogens is 1. The number of amides is 1. The molecule has 1 aliphatic heterocycles. The van der Waals surface area contributed by atoms with Crippen molar-refractivity contribution in [3.63, 3.8) is 0 Å². The molecule has 0 atom stereocenters. The Labute approximate surface area is 130 Å². The summed E-state index contributed by atoms with van der Waals surface area (Å²) in [6.07, 6.45) is 2.58. The summed E-state index contributed by atoms with van der Waals surface area (Å²) in [7, 11) is 0. The van der Waals surface area contributed by atoms with Crippen LogP contribution in [0.1, 0.15) is 21.6 Å². The maximum absolute atomic E-state index is 12.6. The third-order valence-corrected chi connectivity index (χ3v) is 4.73. The molecule has 5 heteroatoms. The van der Waals surface area contributed by atoms with Crippen molar-refractivity contribution in [3.8, 4) is 0 Å². The van der Waals surface area contributed by atoms with Gasteiger partial charge in [-0.2, -0.15) is 0 Å². The van der Waals surface area contributed by atoms with E-state index in [1.807, 2.05) is 29.2 Å². The van der Waals surface area contributed by atoms with E-state index in [2.05, 4.69) is 20.9 Å². The van der Waals surface area contributed by atoms with Gasteiger partial charge in [0, 0.05) is 35.9 Å². The van der Waals surface area contributed by atoms with E-state index in [1.165, 1.54) is 0 Å². The molecular formula is C15H12BrClN2O. The monoisotopic (exact) mass is 350 g/mol. The molecule has 0 aliphatic carbocycles. The third kappa shape index (κ3) is 2.45. The lowest BCUT2D eigenvalue weighted by atomic mass is 10.0. The van der Waals surface area contributed by atoms with E-state index in [0.717, 1.165) is 22.2 Å². The van der Waals surface area contributed by atoms with Crippen molar-refractivity contribution >= 4 is 33.4 Å². The van der Waals surface area contributed by atoms with Gasteiger partial charge in [0.1, 0.15) is 0 Å². The summed E-state index contributed by atoms with van der Waals surface area (Å²) in [5.74, 6) is -0.0363. The highest BCUT2D eigenvalue weighted by Crippen LogP contribution is 2.28. The molecule has 0 spiro atoms. The zero-order chi connectivity index (χ0) is 14.1. The smallest absolute Gasteiger partial charge is 0.255 e. The summed E-state index contributed by atoms with van der Waals surface area (Å²) in [5.41, 5.74) is 2.73. The fraction of sp³-hybridized carbons (Fsp3) is 0.200. The zero-order valence-electron chi connectivity index (χ0n) is 10.6. The molecule has 0 fully saturated rings. The molecule has 0 bridgehead atoms. The zero-order valence-corrected chi connectivity index (χ0v) is 13.0. The van der Waals surface area contributed by atoms with Crippen LogP contribution in [0, 0.1) is 0 Å². The molecule has 0 saturated carbocycles. The van der Waals surface area contributed by atoms with Crippen molar-refractivity contribution < 1.29 is 4.79 Å². The fourth-order valence-corrected chi connectivity index (χ4v) is 2.95. The normalized spacial score (nSPS) is 14.0. The van der Waals surface area contributed by atoms with Crippen LogP contribution in [0.2, 0.25) is 5.02 Å². The van der Waals surface area contributed by atoms with Gasteiger partial charge < -0.3 is 4.90 Å². The fourth-order valence-electron chi connectivity index (χ4n) is 2.38. The number of hydrogen-bond acceptors (Lipinski definition) is 2. The van der Waals surface area contributed by atoms with Gasteiger partial charge in [-0.25, -0.2) is 0 Å². The first kappa shape index (κ1) is 13.6. The van der Waals surface area contributed by atoms with Crippen LogP contribution in [0.25, 0.3) is 0 Å². The summed E-state index contributed by atoms with van der Waals surface area (Å²) in [4.78, 5) is 18.7. The molecule has 2 heterocycles. The predicted octanol–water partition coefficient (Wildman–Crippen LogP) is 3.70. The number of halogens is 2. The highest BCUT2D eigenvalue weighted by molar-refractivity contribution is 9.10. The number of nitrogens with zero attached hydrogens (tertiary/aromatic N) is 2. The number of carbonyl (C=O) groups excluding carboxylic acids is 1. The molecule has 0 radical (unpaired) electrons. The quantitative estimate of drug-likeness (QED) is 0.785. The van der Waals surface area contributed by atoms with E-state index >= 15 is 0 Å². The molecule has 3 rings (SSSR count). The molecule has 2 aromatic rings. The largest absolute Gasteiger partial charge is 0.334 e. The van der Waals surface area contributed by atoms with Gasteiger partial charge in [0.2, 0.25) is 0 Å². The van der Waals surface area contributed by atoms with Crippen molar-refractivity contribution in [1.82, 2.24) is 9.88 Å². The first-order chi connectivity index (χ1) is 9.66. The molecule has 0 saturated heterocycles. The van der Waals surface area contributed by atoms with E-state index < -0.39 is 0 Å². The molecule has 102 valence electrons. The van der Waals surface area contributed by atoms with E-state index in [9.17, 15) is 4.79 Å². The second-order valence-corrected chi connectivity index (χ2v) is 5.92. The summed E-state index contributed by atoms with van der Waals surface area (Å²) >= 11 is 9.55. The van der Waals surface area contributed by atoms with Crippen LogP contribution in [0.5, 0.6) is 0 Å². The molecule has 1 amide bonds. The van der Waals surface area contributed by atoms with Gasteiger partial charge in [-0.1, -0.05) is 23.7 Å². The maximum Gasteiger partial charge on any atom is 0.255 e. The van der Waals surface area contributed by atoms with Gasteiger partial charge in [-0.3, -0.25) is 9.78 Å². The molecule has 0 unspecified atom stereocenters. The molecule has 20 heavy (non-hydrogen) atoms. The molecular weight excluding hydrogens is 340 g/mol. The van der Waals surface area contributed by atoms with E-state index in [4.69, 9.17) is 11.6 Å². The molecule has 0 N–H and O–H groups in total. The Bertz CT molecular complexity index is 675. The Morgan fingerprint density at radius 3 is 3.00 bits per heavy atom. The van der Waals surface area contributed by atoms with Gasteiger partial charge in [-0.15, -0.1) is 0 Å². The van der Waals surface area contributed by atoms with Gasteiger partial charge in [0.15, 0.2) is 0 Å². The Hall–Kier alpha value is -1.39. The van der Waals surface area contributed by atoms with Gasteiger partial charge >= 0.3 is 0 Å². The SMILES string of the molecule is O=C(c1cccc(Br)c1Cl)N1CCc2ncccc2C1. The topological polar surface area (TPSA) is 33.2 Å². The minimum Gasteiger partial charge on any atom is -0.334 e. The predicted molar refractivity (Wildman–Crippen MR) is 81.8 cm³/mol. The van der Waals surface area contributed by atoms with Crippen LogP contribution in [0.3, 0.4) is 0 Å². The molecule has 1 aliphatic rings. The lowest BCUT2D eigenvalue weighted by molar-refractivity contribution is 0.0733. The molecule has 1 aromatic heterocycles. The number of fused-ring (bicyclic) bond motifs is 1. The van der Waals surface area contributed by atoms with Crippen LogP contribution in [0.15, 0.2) is 41.0 Å². The Balaban J connectivity index is 1.88. The second-order valence-electron chi connectivity index (χ2n) is 4.69. The van der Waals surface area contributed by atoms with Crippen molar-refractivity contribution in [2.75, 3.05) is 6.54 Å². The summed E-state index contributed by atoms with van der Waals surface area (Å²) in [5, 5.41) is 0.467. The number of hydrogen-bond donors (Lipinski definition) is 0. The minimum atomic E-state index is -0.0363. The van der Waals surface area contributed by atoms with Crippen LogP contribution in [-0.2, 0) is 13.0 Å². The van der Waals surface area contributed by atoms with Crippen LogP contribution in [0.4, 0.5) is 0 Å². The second kappa shape index (κ2) is 5.54. The first-order valence-electron chi connectivity index (χ1n) is 6.33. The number of carbonyl (C=O) groups is 1. The Kier molecular flexibility index (Phi) is 3.76. The lowest BCUT2D eigenvalue weighted by Crippen LogP contribution is -2.36. The number of rotatable bonds is 1. The van der Waals surface area contributed by atoms with Crippen LogP contribution >= 0.6 is 27.5 Å². The summed E-state index contributed by atoms with van der Waals surface area (Å²) in [6.45, 7) is 1.26. The van der Waals surface area contributed by atoms with Crippen molar-refractivity contribution in [3.05, 3.63) is 62.8 Å². The van der Waals surface area contributed by atoms with E-state index in [-0.39, 0.29) is 5.91 Å². The van der Waals surface area contributed by atoms with Gasteiger partial charge in [0.05, 0.1) is 10.6 Å². The van der Waals surface area contributed by atoms with Crippen molar-refractivity contribution in [2.45, 2.75) is 13.0 Å². The molecule has 3 nitrogen and oxygen atoms in total. The van der Waals surface area contributed by atoms with E-state index in [0.29, 0.717) is 23.7 Å². The third-order valence-electron chi connectivity index (χ3n) is 3.43. The number of benzene rings is 1. The van der Waals surface area contributed by atoms with Crippen molar-refractivity contribution in [1.29, 1.82) is 0 Å². The maximum atomic E-state index is 12.6. The Morgan fingerprint density at radius 1 is 1.30 bits per heavy atom. The first-order valence-corrected chi connectivity index (χ1v) is 7.50. The average Bonchev–Trinajstić information content (AvgIpc) is 2.49. The van der Waals surface area contributed by atoms with Gasteiger partial charge in [0.25, 0.3) is 5.91 Å². The lowest BCUT2D eigenvalue weighted by Gasteiger charge is -2.28. The average molecular weight is 352 g/mol. The van der Waals surface area contributed by atoms with Crippen LogP contribution < -0.4 is 0 Å². The van der Waals surface area contributed by atoms with Crippen molar-refractivity contribution in [2.24, 2.45) is 0 Å². The summed E-state index contributed by atoms with van der Waals surface area (Å²) in [6, 6.07) is 9.33. The Morgan fingerprint density at radius 2 is 2.15 bits per heavy atom. The summed E-state index contributed by atoms with van der Waals surface area (Å²) < 4.78 is 0.740. The van der Waals surface area contributed by atoms with Crippen LogP contribution in [-0.4, -0.2) is 22.3 Å². The van der Waals surface area contributed by atoms with E-state index in [1.54, 1.807) is 12.3 Å². The molecule has 1 aromatic carbocycles. The minimum absolute atomic E-state index is 0.0363. The van der Waals surface area contributed by atoms with Gasteiger partial charge in [-0.05, 0) is 39.7 Å².